The average molecular weight is 385 g/mol. The molecule has 2 rings (SSSR count). The predicted molar refractivity (Wildman–Crippen MR) is 79.0 cm³/mol. The molecule has 0 spiro atoms. The van der Waals surface area contributed by atoms with Gasteiger partial charge in [0.25, 0.3) is 10.0 Å². The number of anilines is 1. The molecule has 19 heavy (non-hydrogen) atoms. The van der Waals surface area contributed by atoms with E-state index < -0.39 is 15.8 Å². The van der Waals surface area contributed by atoms with Crippen molar-refractivity contribution in [2.75, 3.05) is 4.72 Å². The molecule has 0 unspecified atom stereocenters. The molecule has 0 fully saturated rings. The first kappa shape index (κ1) is 14.8. The third kappa shape index (κ3) is 3.28. The van der Waals surface area contributed by atoms with Gasteiger partial charge in [-0.05, 0) is 52.7 Å². The molecule has 0 bridgehead atoms. The van der Waals surface area contributed by atoms with E-state index >= 15 is 0 Å². The summed E-state index contributed by atoms with van der Waals surface area (Å²) in [4.78, 5) is 0. The summed E-state index contributed by atoms with van der Waals surface area (Å²) < 4.78 is 40.4. The summed E-state index contributed by atoms with van der Waals surface area (Å²) >= 11 is 9.83. The van der Waals surface area contributed by atoms with Gasteiger partial charge in [0.15, 0.2) is 0 Å². The highest BCUT2D eigenvalue weighted by molar-refractivity contribution is 9.10. The lowest BCUT2D eigenvalue weighted by Gasteiger charge is -2.06. The van der Waals surface area contributed by atoms with Crippen LogP contribution in [0.5, 0.6) is 0 Å². The number of nitrogens with one attached hydrogen (secondary N) is 1. The molecule has 0 saturated carbocycles. The topological polar surface area (TPSA) is 46.2 Å². The minimum Gasteiger partial charge on any atom is -0.279 e. The van der Waals surface area contributed by atoms with Crippen LogP contribution in [0.4, 0.5) is 10.1 Å². The van der Waals surface area contributed by atoms with E-state index in [9.17, 15) is 12.8 Å². The van der Waals surface area contributed by atoms with E-state index in [0.29, 0.717) is 9.90 Å². The lowest BCUT2D eigenvalue weighted by molar-refractivity contribution is 0.602. The third-order valence-electron chi connectivity index (χ3n) is 2.27. The van der Waals surface area contributed by atoms with Gasteiger partial charge in [-0.2, -0.15) is 0 Å². The van der Waals surface area contributed by atoms with E-state index in [-0.39, 0.29) is 14.4 Å². The lowest BCUT2D eigenvalue weighted by Crippen LogP contribution is -2.11. The summed E-state index contributed by atoms with van der Waals surface area (Å²) in [7, 11) is -3.70. The summed E-state index contributed by atoms with van der Waals surface area (Å²) in [6.07, 6.45) is 0. The van der Waals surface area contributed by atoms with Crippen LogP contribution in [0.15, 0.2) is 32.9 Å². The number of sulfonamides is 1. The van der Waals surface area contributed by atoms with Crippen molar-refractivity contribution >= 4 is 54.6 Å². The number of benzene rings is 1. The normalized spacial score (nSPS) is 11.6. The van der Waals surface area contributed by atoms with Crippen molar-refractivity contribution < 1.29 is 12.8 Å². The van der Waals surface area contributed by atoms with E-state index in [0.717, 1.165) is 11.3 Å². The van der Waals surface area contributed by atoms with Gasteiger partial charge in [0.1, 0.15) is 10.0 Å². The molecule has 8 heteroatoms. The monoisotopic (exact) mass is 383 g/mol. The molecular weight excluding hydrogens is 377 g/mol. The first-order valence-electron chi connectivity index (χ1n) is 5.03. The summed E-state index contributed by atoms with van der Waals surface area (Å²) in [5, 5.41) is 0. The van der Waals surface area contributed by atoms with Crippen LogP contribution >= 0.6 is 38.9 Å². The molecule has 0 amide bonds. The van der Waals surface area contributed by atoms with Crippen LogP contribution in [0.25, 0.3) is 0 Å². The van der Waals surface area contributed by atoms with Gasteiger partial charge < -0.3 is 0 Å². The zero-order valence-electron chi connectivity index (χ0n) is 9.58. The van der Waals surface area contributed by atoms with Crippen LogP contribution in [-0.4, -0.2) is 8.42 Å². The number of hydrogen-bond acceptors (Lipinski definition) is 3. The second-order valence-corrected chi connectivity index (χ2v) is 8.17. The zero-order valence-corrected chi connectivity index (χ0v) is 13.6. The maximum Gasteiger partial charge on any atom is 0.271 e. The van der Waals surface area contributed by atoms with Crippen molar-refractivity contribution in [3.8, 4) is 0 Å². The molecule has 0 radical (unpaired) electrons. The van der Waals surface area contributed by atoms with E-state index in [2.05, 4.69) is 20.7 Å². The van der Waals surface area contributed by atoms with Crippen LogP contribution in [0.1, 0.15) is 5.56 Å². The number of thiophene rings is 1. The highest BCUT2D eigenvalue weighted by Gasteiger charge is 2.18. The second-order valence-electron chi connectivity index (χ2n) is 3.76. The van der Waals surface area contributed by atoms with Gasteiger partial charge in [0, 0.05) is 0 Å². The van der Waals surface area contributed by atoms with Gasteiger partial charge in [-0.25, -0.2) is 12.8 Å². The van der Waals surface area contributed by atoms with Crippen molar-refractivity contribution in [2.45, 2.75) is 11.1 Å². The summed E-state index contributed by atoms with van der Waals surface area (Å²) in [5.74, 6) is -0.460. The van der Waals surface area contributed by atoms with Crippen LogP contribution in [-0.2, 0) is 10.0 Å². The van der Waals surface area contributed by atoms with Crippen molar-refractivity contribution in [1.82, 2.24) is 0 Å². The van der Waals surface area contributed by atoms with Crippen LogP contribution in [0.2, 0.25) is 4.34 Å². The molecule has 102 valence electrons. The Morgan fingerprint density at radius 3 is 2.58 bits per heavy atom. The van der Waals surface area contributed by atoms with Gasteiger partial charge >= 0.3 is 0 Å². The highest BCUT2D eigenvalue weighted by atomic mass is 79.9. The van der Waals surface area contributed by atoms with Gasteiger partial charge in [-0.15, -0.1) is 11.3 Å². The maximum atomic E-state index is 13.1. The zero-order chi connectivity index (χ0) is 14.2. The molecule has 0 saturated heterocycles. The second kappa shape index (κ2) is 5.40. The average Bonchev–Trinajstić information content (AvgIpc) is 2.65. The van der Waals surface area contributed by atoms with Crippen LogP contribution < -0.4 is 4.72 Å². The molecule has 2 aromatic rings. The molecular formula is C11H8BrClFNO2S2. The molecule has 0 aliphatic heterocycles. The minimum absolute atomic E-state index is 0.121. The predicted octanol–water partition coefficient (Wildman–Crippen LogP) is 4.41. The van der Waals surface area contributed by atoms with Gasteiger partial charge in [-0.3, -0.25) is 4.72 Å². The van der Waals surface area contributed by atoms with Gasteiger partial charge in [0.2, 0.25) is 0 Å². The number of rotatable bonds is 3. The Bertz CT molecular complexity index is 711. The van der Waals surface area contributed by atoms with Crippen molar-refractivity contribution in [3.63, 3.8) is 0 Å². The fourth-order valence-electron chi connectivity index (χ4n) is 1.33. The molecule has 1 heterocycles. The Morgan fingerprint density at radius 1 is 1.37 bits per heavy atom. The molecule has 3 nitrogen and oxygen atoms in total. The van der Waals surface area contributed by atoms with Crippen molar-refractivity contribution in [2.24, 2.45) is 0 Å². The number of halogens is 3. The van der Waals surface area contributed by atoms with Gasteiger partial charge in [0.05, 0.1) is 14.5 Å². The fourth-order valence-corrected chi connectivity index (χ4v) is 4.47. The van der Waals surface area contributed by atoms with E-state index in [1.54, 1.807) is 6.92 Å². The molecule has 0 aliphatic rings. The van der Waals surface area contributed by atoms with E-state index in [1.165, 1.54) is 24.3 Å². The number of aryl methyl sites for hydroxylation is 1. The third-order valence-corrected chi connectivity index (χ3v) is 6.29. The standard InChI is InChI=1S/C11H8BrClFNO2S2/c1-6-4-10(18-11(6)13)19(16,17)15-7-2-3-9(14)8(12)5-7/h2-5,15H,1H3. The quantitative estimate of drug-likeness (QED) is 0.852. The Balaban J connectivity index is 2.33. The molecule has 1 aromatic heterocycles. The van der Waals surface area contributed by atoms with E-state index in [1.807, 2.05) is 0 Å². The Kier molecular flexibility index (Phi) is 4.20. The first-order chi connectivity index (χ1) is 8.79. The molecule has 0 aliphatic carbocycles. The van der Waals surface area contributed by atoms with E-state index in [4.69, 9.17) is 11.6 Å². The largest absolute Gasteiger partial charge is 0.279 e. The number of hydrogen-bond donors (Lipinski definition) is 1. The molecule has 1 aromatic carbocycles. The fraction of sp³-hybridized carbons (Fsp3) is 0.0909. The summed E-state index contributed by atoms with van der Waals surface area (Å²) in [6.45, 7) is 1.73. The van der Waals surface area contributed by atoms with Crippen molar-refractivity contribution in [1.29, 1.82) is 0 Å². The van der Waals surface area contributed by atoms with Crippen LogP contribution in [0, 0.1) is 12.7 Å². The van der Waals surface area contributed by atoms with Crippen molar-refractivity contribution in [3.05, 3.63) is 44.5 Å². The van der Waals surface area contributed by atoms with Gasteiger partial charge in [-0.1, -0.05) is 11.6 Å². The molecule has 0 atom stereocenters. The first-order valence-corrected chi connectivity index (χ1v) is 8.50. The summed E-state index contributed by atoms with van der Waals surface area (Å²) in [6, 6.07) is 5.37. The van der Waals surface area contributed by atoms with Crippen LogP contribution in [0.3, 0.4) is 0 Å². The minimum atomic E-state index is -3.70. The molecule has 1 N–H and O–H groups in total. The Morgan fingerprint density at radius 2 is 2.05 bits per heavy atom. The highest BCUT2D eigenvalue weighted by Crippen LogP contribution is 2.31. The maximum absolute atomic E-state index is 13.1. The summed E-state index contributed by atoms with van der Waals surface area (Å²) in [5.41, 5.74) is 0.975. The Hall–Kier alpha value is -0.630. The lowest BCUT2D eigenvalue weighted by atomic mass is 10.3. The smallest absolute Gasteiger partial charge is 0.271 e. The SMILES string of the molecule is Cc1cc(S(=O)(=O)Nc2ccc(F)c(Br)c2)sc1Cl. The Labute approximate surface area is 127 Å².